The molecule has 2 atom stereocenters. The van der Waals surface area contributed by atoms with Gasteiger partial charge in [0, 0.05) is 35.8 Å². The van der Waals surface area contributed by atoms with Gasteiger partial charge < -0.3 is 19.4 Å². The van der Waals surface area contributed by atoms with Gasteiger partial charge in [-0.2, -0.15) is 0 Å². The van der Waals surface area contributed by atoms with Gasteiger partial charge in [-0.15, -0.1) is 21.5 Å². The van der Waals surface area contributed by atoms with Crippen LogP contribution >= 0.6 is 11.3 Å². The Labute approximate surface area is 261 Å². The molecular weight excluding hydrogens is 595 g/mol. The number of aryl methyl sites for hydroxylation is 2. The van der Waals surface area contributed by atoms with Crippen LogP contribution in [0.2, 0.25) is 0 Å². The average molecular weight is 623 g/mol. The maximum Gasteiger partial charge on any atom is 0.261 e. The molecule has 8 rings (SSSR count). The van der Waals surface area contributed by atoms with Gasteiger partial charge in [0.15, 0.2) is 0 Å². The Morgan fingerprint density at radius 1 is 1.11 bits per heavy atom. The lowest BCUT2D eigenvalue weighted by molar-refractivity contribution is 0.0776. The van der Waals surface area contributed by atoms with E-state index in [0.29, 0.717) is 56.0 Å². The van der Waals surface area contributed by atoms with Crippen LogP contribution in [0.5, 0.6) is 5.75 Å². The monoisotopic (exact) mass is 622 g/mol. The van der Waals surface area contributed by atoms with Crippen molar-refractivity contribution in [2.24, 2.45) is 0 Å². The molecule has 0 bridgehead atoms. The van der Waals surface area contributed by atoms with Gasteiger partial charge in [0.05, 0.1) is 39.5 Å². The summed E-state index contributed by atoms with van der Waals surface area (Å²) in [6.45, 7) is 2.35. The highest BCUT2D eigenvalue weighted by atomic mass is 32.1. The molecule has 0 unspecified atom stereocenters. The summed E-state index contributed by atoms with van der Waals surface area (Å²) in [5.74, 6) is 0.351. The summed E-state index contributed by atoms with van der Waals surface area (Å²) in [6.07, 6.45) is 5.07. The number of rotatable bonds is 7. The summed E-state index contributed by atoms with van der Waals surface area (Å²) in [4.78, 5) is 40.0. The van der Waals surface area contributed by atoms with E-state index >= 15 is 0 Å². The molecule has 6 heterocycles. The number of nitrogens with zero attached hydrogens (tertiary/aromatic N) is 5. The van der Waals surface area contributed by atoms with Gasteiger partial charge in [-0.25, -0.2) is 4.39 Å². The Hall–Kier alpha value is -4.97. The normalized spacial score (nSPS) is 18.2. The molecule has 2 aliphatic heterocycles. The van der Waals surface area contributed by atoms with Crippen molar-refractivity contribution < 1.29 is 23.1 Å². The molecule has 0 saturated carbocycles. The Bertz CT molecular complexity index is 1970. The molecule has 1 fully saturated rings. The predicted molar refractivity (Wildman–Crippen MR) is 162 cm³/mol. The van der Waals surface area contributed by atoms with Crippen LogP contribution in [-0.4, -0.2) is 43.4 Å². The molecule has 10 nitrogen and oxygen atoms in total. The molecule has 2 amide bonds. The van der Waals surface area contributed by atoms with Gasteiger partial charge in [-0.1, -0.05) is 6.07 Å². The number of fused-ring (bicyclic) bond motifs is 4. The third kappa shape index (κ3) is 4.76. The molecule has 3 aliphatic rings. The van der Waals surface area contributed by atoms with Crippen molar-refractivity contribution in [2.75, 3.05) is 6.54 Å². The Kier molecular flexibility index (Phi) is 6.67. The zero-order valence-electron chi connectivity index (χ0n) is 24.2. The van der Waals surface area contributed by atoms with Crippen molar-refractivity contribution in [1.29, 1.82) is 0 Å². The predicted octanol–water partition coefficient (Wildman–Crippen LogP) is 5.99. The van der Waals surface area contributed by atoms with Crippen LogP contribution in [-0.2, 0) is 13.0 Å². The fourth-order valence-corrected chi connectivity index (χ4v) is 7.56. The van der Waals surface area contributed by atoms with E-state index in [0.717, 1.165) is 36.9 Å². The first kappa shape index (κ1) is 27.6. The third-order valence-corrected chi connectivity index (χ3v) is 9.73. The van der Waals surface area contributed by atoms with Crippen LogP contribution in [0.25, 0.3) is 21.9 Å². The number of ether oxygens (including phenoxy) is 1. The highest BCUT2D eigenvalue weighted by molar-refractivity contribution is 7.17. The molecule has 1 aliphatic carbocycles. The quantitative estimate of drug-likeness (QED) is 0.235. The van der Waals surface area contributed by atoms with Gasteiger partial charge in [0.1, 0.15) is 18.2 Å². The number of halogens is 1. The van der Waals surface area contributed by atoms with Crippen LogP contribution in [0.4, 0.5) is 4.39 Å². The van der Waals surface area contributed by atoms with Gasteiger partial charge >= 0.3 is 0 Å². The SMILES string of the molecule is Cc1nnc(-c2c(COc3ccc(F)cc3)nc3c(c2-c2ccc(C(=O)N[C@@H]4CCc5ncccc54)s2)C(=O)N2CCC[C@H]32)o1. The number of carbonyl (C=O) groups is 2. The number of nitrogens with one attached hydrogen (secondary N) is 1. The van der Waals surface area contributed by atoms with Crippen molar-refractivity contribution in [2.45, 2.75) is 51.3 Å². The number of pyridine rings is 2. The highest BCUT2D eigenvalue weighted by Crippen LogP contribution is 2.49. The molecule has 1 saturated heterocycles. The summed E-state index contributed by atoms with van der Waals surface area (Å²) in [7, 11) is 0. The van der Waals surface area contributed by atoms with E-state index in [2.05, 4.69) is 20.5 Å². The minimum atomic E-state index is -0.367. The summed E-state index contributed by atoms with van der Waals surface area (Å²) >= 11 is 1.30. The molecule has 12 heteroatoms. The summed E-state index contributed by atoms with van der Waals surface area (Å²) in [5.41, 5.74) is 4.81. The number of benzene rings is 1. The number of hydrogen-bond acceptors (Lipinski definition) is 9. The zero-order valence-corrected chi connectivity index (χ0v) is 25.1. The zero-order chi connectivity index (χ0) is 30.7. The largest absolute Gasteiger partial charge is 0.487 e. The van der Waals surface area contributed by atoms with Crippen molar-refractivity contribution >= 4 is 23.2 Å². The van der Waals surface area contributed by atoms with Gasteiger partial charge in [-0.3, -0.25) is 19.6 Å². The summed E-state index contributed by atoms with van der Waals surface area (Å²) < 4.78 is 25.6. The second-order valence-electron chi connectivity index (χ2n) is 11.4. The lowest BCUT2D eigenvalue weighted by atomic mass is 9.95. The maximum absolute atomic E-state index is 13.9. The molecule has 1 N–H and O–H groups in total. The molecule has 0 radical (unpaired) electrons. The van der Waals surface area contributed by atoms with E-state index in [1.807, 2.05) is 23.1 Å². The topological polar surface area (TPSA) is 123 Å². The Morgan fingerprint density at radius 2 is 1.98 bits per heavy atom. The third-order valence-electron chi connectivity index (χ3n) is 8.62. The molecular formula is C33H27FN6O4S. The van der Waals surface area contributed by atoms with Crippen molar-refractivity contribution in [3.63, 3.8) is 0 Å². The molecule has 0 spiro atoms. The first-order valence-corrected chi connectivity index (χ1v) is 15.7. The van der Waals surface area contributed by atoms with Crippen LogP contribution in [0, 0.1) is 12.7 Å². The minimum Gasteiger partial charge on any atom is -0.487 e. The summed E-state index contributed by atoms with van der Waals surface area (Å²) in [5, 5.41) is 11.5. The highest BCUT2D eigenvalue weighted by Gasteiger charge is 2.45. The van der Waals surface area contributed by atoms with Gasteiger partial charge in [0.25, 0.3) is 11.8 Å². The Morgan fingerprint density at radius 3 is 2.80 bits per heavy atom. The lowest BCUT2D eigenvalue weighted by Crippen LogP contribution is -2.26. The van der Waals surface area contributed by atoms with Gasteiger partial charge in [-0.05, 0) is 73.7 Å². The number of hydrogen-bond donors (Lipinski definition) is 1. The van der Waals surface area contributed by atoms with E-state index < -0.39 is 0 Å². The fraction of sp³-hybridized carbons (Fsp3) is 0.273. The van der Waals surface area contributed by atoms with E-state index in [-0.39, 0.29) is 42.2 Å². The van der Waals surface area contributed by atoms with E-state index in [1.165, 1.54) is 23.5 Å². The second kappa shape index (κ2) is 10.9. The van der Waals surface area contributed by atoms with E-state index in [4.69, 9.17) is 14.1 Å². The number of aromatic nitrogens is 4. The minimum absolute atomic E-state index is 0.0113. The molecule has 226 valence electrons. The smallest absolute Gasteiger partial charge is 0.261 e. The number of carbonyl (C=O) groups excluding carboxylic acids is 2. The molecule has 1 aromatic carbocycles. The average Bonchev–Trinajstić information content (AvgIpc) is 3.88. The van der Waals surface area contributed by atoms with E-state index in [9.17, 15) is 14.0 Å². The van der Waals surface area contributed by atoms with Crippen molar-refractivity contribution in [3.8, 4) is 27.6 Å². The van der Waals surface area contributed by atoms with Crippen LogP contribution < -0.4 is 10.1 Å². The molecule has 5 aromatic rings. The number of thiophene rings is 1. The first-order chi connectivity index (χ1) is 21.9. The van der Waals surface area contributed by atoms with Crippen molar-refractivity contribution in [1.82, 2.24) is 30.4 Å². The number of amides is 2. The van der Waals surface area contributed by atoms with Crippen LogP contribution in [0.15, 0.2) is 59.1 Å². The van der Waals surface area contributed by atoms with E-state index in [1.54, 1.807) is 31.3 Å². The maximum atomic E-state index is 13.9. The van der Waals surface area contributed by atoms with Crippen LogP contribution in [0.3, 0.4) is 0 Å². The Balaban J connectivity index is 1.23. The fourth-order valence-electron chi connectivity index (χ4n) is 6.60. The molecule has 4 aromatic heterocycles. The van der Waals surface area contributed by atoms with Crippen LogP contribution in [0.1, 0.15) is 79.9 Å². The molecule has 45 heavy (non-hydrogen) atoms. The standard InChI is InChI=1S/C33H27FN6O4S/c1-17-38-39-32(44-17)27-23(16-43-19-8-6-18(34)7-9-19)36-30-24-5-3-15-40(24)33(42)29(30)28(27)25-12-13-26(45-25)31(41)37-22-11-10-21-20(22)4-2-14-35-21/h2,4,6-9,12-14,22,24H,3,5,10-11,15-16H2,1H3,(H,37,41)/t22-,24-/m1/s1. The lowest BCUT2D eigenvalue weighted by Gasteiger charge is -2.16. The first-order valence-electron chi connectivity index (χ1n) is 14.9. The second-order valence-corrected chi connectivity index (χ2v) is 12.4. The summed E-state index contributed by atoms with van der Waals surface area (Å²) in [6, 6.07) is 13.0. The van der Waals surface area contributed by atoms with Gasteiger partial charge in [0.2, 0.25) is 11.8 Å². The van der Waals surface area contributed by atoms with Crippen molar-refractivity contribution in [3.05, 3.63) is 99.5 Å².